The van der Waals surface area contributed by atoms with Crippen LogP contribution in [0.5, 0.6) is 0 Å². The van der Waals surface area contributed by atoms with E-state index in [0.717, 1.165) is 44.9 Å². The molecule has 2 aliphatic rings. The smallest absolute Gasteiger partial charge is 0.0993 e. The quantitative estimate of drug-likeness (QED) is 0.617. The molecule has 2 fully saturated rings. The lowest BCUT2D eigenvalue weighted by Gasteiger charge is -2.52. The first-order chi connectivity index (χ1) is 11.4. The van der Waals surface area contributed by atoms with Gasteiger partial charge in [0.2, 0.25) is 0 Å². The molecule has 0 aromatic heterocycles. The first kappa shape index (κ1) is 20.1. The maximum absolute atomic E-state index is 10.0. The number of ether oxygens (including phenoxy) is 1. The Bertz CT molecular complexity index is 370. The molecule has 5 nitrogen and oxygen atoms in total. The Morgan fingerprint density at radius 2 is 1.62 bits per heavy atom. The van der Waals surface area contributed by atoms with Gasteiger partial charge in [0.05, 0.1) is 24.5 Å². The minimum atomic E-state index is -0.296. The standard InChI is InChI=1S/C19H37NO4/c1-4-19(24-13-20(2)3,15-5-7-16(22)8-6-15)18-10-9-17(23)11-14(18)12-21/h14-18,21-23H,4-13H2,1-3H3. The van der Waals surface area contributed by atoms with Crippen LogP contribution in [0, 0.1) is 17.8 Å². The largest absolute Gasteiger partial charge is 0.396 e. The predicted molar refractivity (Wildman–Crippen MR) is 94.5 cm³/mol. The fourth-order valence-corrected chi connectivity index (χ4v) is 5.08. The normalized spacial score (nSPS) is 37.4. The van der Waals surface area contributed by atoms with Gasteiger partial charge in [-0.2, -0.15) is 0 Å². The van der Waals surface area contributed by atoms with Crippen molar-refractivity contribution in [1.82, 2.24) is 4.90 Å². The third-order valence-corrected chi connectivity index (χ3v) is 6.35. The van der Waals surface area contributed by atoms with E-state index in [4.69, 9.17) is 4.74 Å². The lowest BCUT2D eigenvalue weighted by molar-refractivity contribution is -0.189. The predicted octanol–water partition coefficient (Wildman–Crippen LogP) is 1.99. The van der Waals surface area contributed by atoms with Crippen LogP contribution in [-0.4, -0.2) is 65.5 Å². The molecular weight excluding hydrogens is 306 g/mol. The molecular formula is C19H37NO4. The summed E-state index contributed by atoms with van der Waals surface area (Å²) in [6.07, 6.45) is 6.48. The molecule has 2 rings (SSSR count). The van der Waals surface area contributed by atoms with Gasteiger partial charge in [-0.15, -0.1) is 0 Å². The van der Waals surface area contributed by atoms with Crippen LogP contribution in [0.1, 0.15) is 58.3 Å². The van der Waals surface area contributed by atoms with Gasteiger partial charge in [-0.3, -0.25) is 4.90 Å². The van der Waals surface area contributed by atoms with Crippen LogP contribution in [-0.2, 0) is 4.74 Å². The van der Waals surface area contributed by atoms with Gasteiger partial charge in [-0.1, -0.05) is 6.92 Å². The van der Waals surface area contributed by atoms with Crippen molar-refractivity contribution < 1.29 is 20.1 Å². The molecule has 0 aliphatic heterocycles. The van der Waals surface area contributed by atoms with E-state index in [1.165, 1.54) is 0 Å². The van der Waals surface area contributed by atoms with Gasteiger partial charge in [-0.25, -0.2) is 0 Å². The van der Waals surface area contributed by atoms with E-state index >= 15 is 0 Å². The zero-order valence-corrected chi connectivity index (χ0v) is 15.7. The summed E-state index contributed by atoms with van der Waals surface area (Å²) in [5.41, 5.74) is -0.266. The van der Waals surface area contributed by atoms with E-state index in [2.05, 4.69) is 6.92 Å². The number of aliphatic hydroxyl groups is 3. The van der Waals surface area contributed by atoms with Gasteiger partial charge in [0, 0.05) is 6.61 Å². The SMILES string of the molecule is CCC(OCN(C)C)(C1CCC(O)CC1)C1CCC(O)CC1CO. The Hall–Kier alpha value is -0.200. The summed E-state index contributed by atoms with van der Waals surface area (Å²) in [5, 5.41) is 29.9. The number of hydrogen-bond acceptors (Lipinski definition) is 5. The Balaban J connectivity index is 2.25. The third-order valence-electron chi connectivity index (χ3n) is 6.35. The van der Waals surface area contributed by atoms with Gasteiger partial charge in [0.25, 0.3) is 0 Å². The Labute approximate surface area is 147 Å². The van der Waals surface area contributed by atoms with Crippen LogP contribution in [0.3, 0.4) is 0 Å². The molecule has 4 atom stereocenters. The highest BCUT2D eigenvalue weighted by Crippen LogP contribution is 2.49. The highest BCUT2D eigenvalue weighted by molar-refractivity contribution is 5.00. The Kier molecular flexibility index (Phi) is 7.50. The van der Waals surface area contributed by atoms with Crippen LogP contribution in [0.2, 0.25) is 0 Å². The highest BCUT2D eigenvalue weighted by atomic mass is 16.5. The molecule has 0 aromatic rings. The second kappa shape index (κ2) is 8.95. The molecule has 24 heavy (non-hydrogen) atoms. The average molecular weight is 344 g/mol. The van der Waals surface area contributed by atoms with Crippen LogP contribution in [0.15, 0.2) is 0 Å². The first-order valence-electron chi connectivity index (χ1n) is 9.68. The van der Waals surface area contributed by atoms with Crippen molar-refractivity contribution in [2.75, 3.05) is 27.4 Å². The molecule has 0 spiro atoms. The molecule has 3 N–H and O–H groups in total. The van der Waals surface area contributed by atoms with Crippen molar-refractivity contribution in [2.24, 2.45) is 17.8 Å². The maximum atomic E-state index is 10.0. The molecule has 2 aliphatic carbocycles. The first-order valence-corrected chi connectivity index (χ1v) is 9.68. The zero-order chi connectivity index (χ0) is 17.7. The number of hydrogen-bond donors (Lipinski definition) is 3. The van der Waals surface area contributed by atoms with Crippen LogP contribution in [0.4, 0.5) is 0 Å². The molecule has 0 amide bonds. The van der Waals surface area contributed by atoms with Gasteiger partial charge >= 0.3 is 0 Å². The monoisotopic (exact) mass is 343 g/mol. The van der Waals surface area contributed by atoms with Crippen molar-refractivity contribution in [3.8, 4) is 0 Å². The topological polar surface area (TPSA) is 73.2 Å². The van der Waals surface area contributed by atoms with Gasteiger partial charge < -0.3 is 20.1 Å². The van der Waals surface area contributed by atoms with Crippen LogP contribution in [0.25, 0.3) is 0 Å². The molecule has 4 unspecified atom stereocenters. The summed E-state index contributed by atoms with van der Waals surface area (Å²) < 4.78 is 6.57. The van der Waals surface area contributed by atoms with E-state index in [-0.39, 0.29) is 36.3 Å². The molecule has 142 valence electrons. The second-order valence-corrected chi connectivity index (χ2v) is 8.18. The Morgan fingerprint density at radius 3 is 2.17 bits per heavy atom. The van der Waals surface area contributed by atoms with Crippen molar-refractivity contribution >= 4 is 0 Å². The Morgan fingerprint density at radius 1 is 1.00 bits per heavy atom. The molecule has 2 saturated carbocycles. The maximum Gasteiger partial charge on any atom is 0.0993 e. The van der Waals surface area contributed by atoms with Crippen LogP contribution < -0.4 is 0 Å². The molecule has 0 radical (unpaired) electrons. The molecule has 0 heterocycles. The lowest BCUT2D eigenvalue weighted by Crippen LogP contribution is -2.54. The van der Waals surface area contributed by atoms with Crippen molar-refractivity contribution in [3.05, 3.63) is 0 Å². The third kappa shape index (κ3) is 4.50. The molecule has 5 heteroatoms. The van der Waals surface area contributed by atoms with Gasteiger partial charge in [0.15, 0.2) is 0 Å². The molecule has 0 saturated heterocycles. The molecule has 0 bridgehead atoms. The second-order valence-electron chi connectivity index (χ2n) is 8.18. The van der Waals surface area contributed by atoms with Crippen LogP contribution >= 0.6 is 0 Å². The van der Waals surface area contributed by atoms with E-state index in [1.54, 1.807) is 0 Å². The zero-order valence-electron chi connectivity index (χ0n) is 15.7. The van der Waals surface area contributed by atoms with Crippen molar-refractivity contribution in [3.63, 3.8) is 0 Å². The van der Waals surface area contributed by atoms with E-state index < -0.39 is 0 Å². The van der Waals surface area contributed by atoms with Gasteiger partial charge in [-0.05, 0) is 83.2 Å². The average Bonchev–Trinajstić information content (AvgIpc) is 2.57. The van der Waals surface area contributed by atoms with E-state index in [1.807, 2.05) is 19.0 Å². The number of nitrogens with zero attached hydrogens (tertiary/aromatic N) is 1. The summed E-state index contributed by atoms with van der Waals surface area (Å²) in [7, 11) is 4.03. The number of rotatable bonds is 7. The van der Waals surface area contributed by atoms with E-state index in [0.29, 0.717) is 19.1 Å². The van der Waals surface area contributed by atoms with Gasteiger partial charge in [0.1, 0.15) is 0 Å². The van der Waals surface area contributed by atoms with Crippen molar-refractivity contribution in [2.45, 2.75) is 76.1 Å². The fraction of sp³-hybridized carbons (Fsp3) is 1.00. The summed E-state index contributed by atoms with van der Waals surface area (Å²) in [6.45, 7) is 2.88. The highest BCUT2D eigenvalue weighted by Gasteiger charge is 2.50. The fourth-order valence-electron chi connectivity index (χ4n) is 5.08. The minimum absolute atomic E-state index is 0.0997. The number of aliphatic hydroxyl groups excluding tert-OH is 3. The van der Waals surface area contributed by atoms with E-state index in [9.17, 15) is 15.3 Å². The summed E-state index contributed by atoms with van der Waals surface area (Å²) in [6, 6.07) is 0. The van der Waals surface area contributed by atoms with Crippen molar-refractivity contribution in [1.29, 1.82) is 0 Å². The summed E-state index contributed by atoms with van der Waals surface area (Å²) in [4.78, 5) is 2.05. The molecule has 0 aromatic carbocycles. The summed E-state index contributed by atoms with van der Waals surface area (Å²) in [5.74, 6) is 0.791. The lowest BCUT2D eigenvalue weighted by atomic mass is 9.61. The minimum Gasteiger partial charge on any atom is -0.396 e. The summed E-state index contributed by atoms with van der Waals surface area (Å²) >= 11 is 0.